The van der Waals surface area contributed by atoms with Crippen LogP contribution in [0.5, 0.6) is 0 Å². The van der Waals surface area contributed by atoms with Crippen molar-refractivity contribution in [3.63, 3.8) is 0 Å². The molecule has 0 atom stereocenters. The Morgan fingerprint density at radius 3 is 2.73 bits per heavy atom. The van der Waals surface area contributed by atoms with E-state index in [1.165, 1.54) is 17.6 Å². The van der Waals surface area contributed by atoms with Crippen molar-refractivity contribution >= 4 is 28.9 Å². The number of halogens is 1. The number of carbonyl (C=O) groups excluding carboxylic acids is 1. The maximum atomic E-state index is 12.7. The zero-order valence-electron chi connectivity index (χ0n) is 14.8. The van der Waals surface area contributed by atoms with Crippen molar-refractivity contribution in [3.8, 4) is 6.07 Å². The molecule has 1 amide bonds. The van der Waals surface area contributed by atoms with Crippen molar-refractivity contribution < 1.29 is 4.79 Å². The average molecular weight is 368 g/mol. The summed E-state index contributed by atoms with van der Waals surface area (Å²) in [5.41, 5.74) is 2.94. The summed E-state index contributed by atoms with van der Waals surface area (Å²) in [6.07, 6.45) is 4.36. The van der Waals surface area contributed by atoms with Crippen LogP contribution in [0, 0.1) is 16.7 Å². The van der Waals surface area contributed by atoms with Gasteiger partial charge in [-0.1, -0.05) is 37.6 Å². The predicted octanol–water partition coefficient (Wildman–Crippen LogP) is 3.80. The number of benzene rings is 1. The molecule has 0 spiro atoms. The molecule has 5 nitrogen and oxygen atoms in total. The number of pyridine rings is 1. The van der Waals surface area contributed by atoms with E-state index in [9.17, 15) is 14.9 Å². The molecule has 6 heteroatoms. The molecule has 132 valence electrons. The summed E-state index contributed by atoms with van der Waals surface area (Å²) in [7, 11) is 0. The first-order valence-electron chi connectivity index (χ1n) is 8.16. The predicted molar refractivity (Wildman–Crippen MR) is 102 cm³/mol. The number of fused-ring (bicyclic) bond motifs is 1. The SMILES string of the molecule is CC(=O)Nc1cc(Cl)c(=O)n(C2=CC(C)(C)Cc3ccc(C#N)cc32)c1. The number of nitrogens with zero attached hydrogens (tertiary/aromatic N) is 2. The number of nitrogens with one attached hydrogen (secondary N) is 1. The third kappa shape index (κ3) is 3.42. The molecule has 1 aliphatic carbocycles. The normalized spacial score (nSPS) is 14.8. The van der Waals surface area contributed by atoms with E-state index in [1.54, 1.807) is 18.3 Å². The number of allylic oxidation sites excluding steroid dienone is 1. The van der Waals surface area contributed by atoms with E-state index in [2.05, 4.69) is 25.2 Å². The number of hydrogen-bond acceptors (Lipinski definition) is 3. The lowest BCUT2D eigenvalue weighted by molar-refractivity contribution is -0.114. The summed E-state index contributed by atoms with van der Waals surface area (Å²) in [6.45, 7) is 5.55. The van der Waals surface area contributed by atoms with E-state index in [1.807, 2.05) is 12.1 Å². The van der Waals surface area contributed by atoms with Crippen molar-refractivity contribution in [3.05, 3.63) is 68.6 Å². The Morgan fingerprint density at radius 2 is 2.08 bits per heavy atom. The highest BCUT2D eigenvalue weighted by Crippen LogP contribution is 2.37. The number of aromatic nitrogens is 1. The van der Waals surface area contributed by atoms with Crippen LogP contribution in [0.15, 0.2) is 41.3 Å². The van der Waals surface area contributed by atoms with Crippen molar-refractivity contribution in [1.29, 1.82) is 5.26 Å². The van der Waals surface area contributed by atoms with Crippen molar-refractivity contribution in [2.75, 3.05) is 5.32 Å². The van der Waals surface area contributed by atoms with Gasteiger partial charge in [0.2, 0.25) is 5.91 Å². The monoisotopic (exact) mass is 367 g/mol. The first-order valence-corrected chi connectivity index (χ1v) is 8.54. The van der Waals surface area contributed by atoms with Gasteiger partial charge < -0.3 is 5.32 Å². The second-order valence-electron chi connectivity index (χ2n) is 7.11. The Morgan fingerprint density at radius 1 is 1.35 bits per heavy atom. The highest BCUT2D eigenvalue weighted by atomic mass is 35.5. The molecular weight excluding hydrogens is 350 g/mol. The molecule has 26 heavy (non-hydrogen) atoms. The van der Waals surface area contributed by atoms with Crippen molar-refractivity contribution in [1.82, 2.24) is 4.57 Å². The molecule has 1 heterocycles. The van der Waals surface area contributed by atoms with Crippen LogP contribution in [0.2, 0.25) is 5.02 Å². The number of rotatable bonds is 2. The molecule has 0 bridgehead atoms. The summed E-state index contributed by atoms with van der Waals surface area (Å²) < 4.78 is 1.44. The van der Waals surface area contributed by atoms with Crippen molar-refractivity contribution in [2.24, 2.45) is 5.41 Å². The molecule has 0 saturated carbocycles. The summed E-state index contributed by atoms with van der Waals surface area (Å²) >= 11 is 6.11. The minimum atomic E-state index is -0.377. The van der Waals surface area contributed by atoms with E-state index >= 15 is 0 Å². The van der Waals surface area contributed by atoms with E-state index in [0.717, 1.165) is 17.5 Å². The maximum Gasteiger partial charge on any atom is 0.273 e. The minimum absolute atomic E-state index is 0.0125. The third-order valence-corrected chi connectivity index (χ3v) is 4.51. The van der Waals surface area contributed by atoms with Crippen LogP contribution in [0.25, 0.3) is 5.70 Å². The molecule has 0 radical (unpaired) electrons. The fraction of sp³-hybridized carbons (Fsp3) is 0.250. The third-order valence-electron chi connectivity index (χ3n) is 4.24. The van der Waals surface area contributed by atoms with Gasteiger partial charge in [-0.3, -0.25) is 14.2 Å². The first kappa shape index (κ1) is 18.0. The van der Waals surface area contributed by atoms with Gasteiger partial charge in [0.05, 0.1) is 23.0 Å². The molecule has 0 fully saturated rings. The summed E-state index contributed by atoms with van der Waals surface area (Å²) in [6, 6.07) is 9.05. The molecule has 3 rings (SSSR count). The van der Waals surface area contributed by atoms with Gasteiger partial charge in [-0.25, -0.2) is 0 Å². The van der Waals surface area contributed by atoms with Gasteiger partial charge in [-0.2, -0.15) is 5.26 Å². The molecule has 1 aromatic heterocycles. The van der Waals surface area contributed by atoms with E-state index in [4.69, 9.17) is 11.6 Å². The smallest absolute Gasteiger partial charge is 0.273 e. The molecule has 1 aliphatic rings. The van der Waals surface area contributed by atoms with Crippen LogP contribution in [0.3, 0.4) is 0 Å². The van der Waals surface area contributed by atoms with Gasteiger partial charge in [-0.15, -0.1) is 0 Å². The Bertz CT molecular complexity index is 1040. The van der Waals surface area contributed by atoms with Gasteiger partial charge in [0.25, 0.3) is 5.56 Å². The topological polar surface area (TPSA) is 74.9 Å². The standard InChI is InChI=1S/C20H18ClN3O2/c1-12(25)23-15-7-17(21)19(26)24(11-15)18-9-20(2,3)8-14-5-4-13(10-22)6-16(14)18/h4-7,9,11H,8H2,1-3H3,(H,23,25). The molecular formula is C20H18ClN3O2. The molecule has 1 aromatic carbocycles. The zero-order valence-corrected chi connectivity index (χ0v) is 15.5. The number of amides is 1. The van der Waals surface area contributed by atoms with E-state index in [0.29, 0.717) is 16.9 Å². The Labute approximate surface area is 156 Å². The number of hydrogen-bond donors (Lipinski definition) is 1. The largest absolute Gasteiger partial charge is 0.325 e. The van der Waals surface area contributed by atoms with Crippen LogP contribution in [0.1, 0.15) is 37.5 Å². The molecule has 0 aliphatic heterocycles. The lowest BCUT2D eigenvalue weighted by Crippen LogP contribution is -2.27. The average Bonchev–Trinajstić information content (AvgIpc) is 2.55. The van der Waals surface area contributed by atoms with Crippen LogP contribution >= 0.6 is 11.6 Å². The van der Waals surface area contributed by atoms with E-state index < -0.39 is 0 Å². The van der Waals surface area contributed by atoms with Gasteiger partial charge in [0, 0.05) is 18.7 Å². The second kappa shape index (κ2) is 6.47. The second-order valence-corrected chi connectivity index (χ2v) is 7.52. The van der Waals surface area contributed by atoms with Crippen LogP contribution in [0.4, 0.5) is 5.69 Å². The molecule has 0 unspecified atom stereocenters. The first-order chi connectivity index (χ1) is 12.2. The van der Waals surface area contributed by atoms with Crippen molar-refractivity contribution in [2.45, 2.75) is 27.2 Å². The van der Waals surface area contributed by atoms with Gasteiger partial charge in [0.1, 0.15) is 5.02 Å². The van der Waals surface area contributed by atoms with Crippen LogP contribution < -0.4 is 10.9 Å². The lowest BCUT2D eigenvalue weighted by Gasteiger charge is -2.30. The summed E-state index contributed by atoms with van der Waals surface area (Å²) in [5, 5.41) is 11.9. The summed E-state index contributed by atoms with van der Waals surface area (Å²) in [5.74, 6) is -0.253. The molecule has 0 saturated heterocycles. The number of carbonyl (C=O) groups is 1. The maximum absolute atomic E-state index is 12.7. The number of nitriles is 1. The minimum Gasteiger partial charge on any atom is -0.325 e. The Balaban J connectivity index is 2.27. The van der Waals surface area contributed by atoms with Gasteiger partial charge >= 0.3 is 0 Å². The molecule has 1 N–H and O–H groups in total. The highest BCUT2D eigenvalue weighted by Gasteiger charge is 2.27. The summed E-state index contributed by atoms with van der Waals surface area (Å²) in [4.78, 5) is 24.1. The quantitative estimate of drug-likeness (QED) is 0.877. The fourth-order valence-corrected chi connectivity index (χ4v) is 3.44. The highest BCUT2D eigenvalue weighted by molar-refractivity contribution is 6.30. The lowest BCUT2D eigenvalue weighted by atomic mass is 9.77. The molecule has 2 aromatic rings. The van der Waals surface area contributed by atoms with Gasteiger partial charge in [-0.05, 0) is 35.6 Å². The van der Waals surface area contributed by atoms with Crippen LogP contribution in [-0.4, -0.2) is 10.5 Å². The van der Waals surface area contributed by atoms with Crippen LogP contribution in [-0.2, 0) is 11.2 Å². The van der Waals surface area contributed by atoms with Gasteiger partial charge in [0.15, 0.2) is 0 Å². The fourth-order valence-electron chi connectivity index (χ4n) is 3.23. The zero-order chi connectivity index (χ0) is 19.1. The Hall–Kier alpha value is -2.84. The Kier molecular flexibility index (Phi) is 4.47. The van der Waals surface area contributed by atoms with E-state index in [-0.39, 0.29) is 21.9 Å². The number of anilines is 1.